The lowest BCUT2D eigenvalue weighted by Gasteiger charge is -2.36. The molecule has 2 heterocycles. The van der Waals surface area contributed by atoms with Crippen LogP contribution < -0.4 is 10.6 Å². The number of hydrogen-bond donors (Lipinski definition) is 1. The average molecular weight is 267 g/mol. The van der Waals surface area contributed by atoms with Crippen LogP contribution in [0.3, 0.4) is 0 Å². The normalized spacial score (nSPS) is 28.8. The van der Waals surface area contributed by atoms with Crippen molar-refractivity contribution in [2.75, 3.05) is 11.4 Å². The van der Waals surface area contributed by atoms with Crippen LogP contribution in [-0.4, -0.2) is 18.6 Å². The maximum Gasteiger partial charge on any atom is 0.0482 e. The van der Waals surface area contributed by atoms with E-state index < -0.39 is 0 Å². The predicted octanol–water partition coefficient (Wildman–Crippen LogP) is 2.30. The molecular weight excluding hydrogens is 252 g/mol. The average Bonchev–Trinajstić information content (AvgIpc) is 2.57. The Morgan fingerprint density at radius 2 is 2.27 bits per heavy atom. The van der Waals surface area contributed by atoms with Gasteiger partial charge in [-0.05, 0) is 43.0 Å². The van der Waals surface area contributed by atoms with E-state index >= 15 is 0 Å². The Balaban J connectivity index is 2.00. The molecule has 2 aliphatic rings. The molecule has 3 rings (SSSR count). The van der Waals surface area contributed by atoms with E-state index in [-0.39, 0.29) is 0 Å². The van der Waals surface area contributed by atoms with Crippen LogP contribution >= 0.6 is 15.9 Å². The van der Waals surface area contributed by atoms with E-state index in [0.29, 0.717) is 12.1 Å². The van der Waals surface area contributed by atoms with Crippen LogP contribution in [0.4, 0.5) is 5.69 Å². The first kappa shape index (κ1) is 9.67. The van der Waals surface area contributed by atoms with E-state index in [9.17, 15) is 0 Å². The Labute approximate surface area is 98.6 Å². The summed E-state index contributed by atoms with van der Waals surface area (Å²) in [6.07, 6.45) is 3.53. The molecule has 0 aromatic heterocycles. The molecule has 1 fully saturated rings. The minimum absolute atomic E-state index is 0.352. The van der Waals surface area contributed by atoms with Crippen LogP contribution in [0, 0.1) is 0 Å². The molecule has 2 unspecified atom stereocenters. The minimum Gasteiger partial charge on any atom is -0.366 e. The lowest BCUT2D eigenvalue weighted by molar-refractivity contribution is 0.415. The molecule has 80 valence electrons. The van der Waals surface area contributed by atoms with Crippen LogP contribution in [-0.2, 0) is 6.42 Å². The van der Waals surface area contributed by atoms with E-state index in [2.05, 4.69) is 39.0 Å². The Morgan fingerprint density at radius 3 is 3.13 bits per heavy atom. The van der Waals surface area contributed by atoms with Crippen molar-refractivity contribution in [3.8, 4) is 0 Å². The first-order valence-corrected chi connectivity index (χ1v) is 6.35. The monoisotopic (exact) mass is 266 g/mol. The van der Waals surface area contributed by atoms with Crippen molar-refractivity contribution in [1.29, 1.82) is 0 Å². The standard InChI is InChI=1S/C12H15BrN2/c13-9-3-4-11-8(6-9)7-12-10(14)2-1-5-15(11)12/h3-4,6,10,12H,1-2,5,7,14H2. The maximum atomic E-state index is 6.18. The fraction of sp³-hybridized carbons (Fsp3) is 0.500. The summed E-state index contributed by atoms with van der Waals surface area (Å²) in [6.45, 7) is 1.17. The largest absolute Gasteiger partial charge is 0.366 e. The lowest BCUT2D eigenvalue weighted by atomic mass is 9.96. The van der Waals surface area contributed by atoms with Gasteiger partial charge >= 0.3 is 0 Å². The Hall–Kier alpha value is -0.540. The van der Waals surface area contributed by atoms with Crippen molar-refractivity contribution >= 4 is 21.6 Å². The van der Waals surface area contributed by atoms with Gasteiger partial charge in [0.05, 0.1) is 0 Å². The van der Waals surface area contributed by atoms with Gasteiger partial charge in [0.15, 0.2) is 0 Å². The first-order chi connectivity index (χ1) is 7.25. The molecule has 0 amide bonds. The van der Waals surface area contributed by atoms with Crippen LogP contribution in [0.5, 0.6) is 0 Å². The Morgan fingerprint density at radius 1 is 1.40 bits per heavy atom. The van der Waals surface area contributed by atoms with Gasteiger partial charge < -0.3 is 10.6 Å². The van der Waals surface area contributed by atoms with Crippen LogP contribution in [0.2, 0.25) is 0 Å². The highest BCUT2D eigenvalue weighted by Crippen LogP contribution is 2.37. The van der Waals surface area contributed by atoms with Crippen molar-refractivity contribution < 1.29 is 0 Å². The van der Waals surface area contributed by atoms with Crippen molar-refractivity contribution in [1.82, 2.24) is 0 Å². The van der Waals surface area contributed by atoms with E-state index in [0.717, 1.165) is 6.42 Å². The van der Waals surface area contributed by atoms with E-state index in [1.165, 1.54) is 35.1 Å². The molecule has 0 radical (unpaired) electrons. The molecular formula is C12H15BrN2. The minimum atomic E-state index is 0.352. The number of nitrogens with two attached hydrogens (primary N) is 1. The SMILES string of the molecule is NC1CCCN2c3ccc(Br)cc3CC12. The molecule has 2 nitrogen and oxygen atoms in total. The van der Waals surface area contributed by atoms with Gasteiger partial charge in [-0.2, -0.15) is 0 Å². The fourth-order valence-corrected chi connectivity index (χ4v) is 3.28. The molecule has 1 saturated heterocycles. The summed E-state index contributed by atoms with van der Waals surface area (Å²) < 4.78 is 1.18. The van der Waals surface area contributed by atoms with Crippen molar-refractivity contribution in [2.24, 2.45) is 5.73 Å². The third kappa shape index (κ3) is 1.49. The summed E-state index contributed by atoms with van der Waals surface area (Å²) in [7, 11) is 0. The molecule has 1 aromatic carbocycles. The third-order valence-electron chi connectivity index (χ3n) is 3.61. The molecule has 2 N–H and O–H groups in total. The molecule has 15 heavy (non-hydrogen) atoms. The predicted molar refractivity (Wildman–Crippen MR) is 66.2 cm³/mol. The summed E-state index contributed by atoms with van der Waals surface area (Å²) in [5.74, 6) is 0. The maximum absolute atomic E-state index is 6.18. The summed E-state index contributed by atoms with van der Waals surface area (Å²) in [5, 5.41) is 0. The molecule has 0 bridgehead atoms. The topological polar surface area (TPSA) is 29.3 Å². The van der Waals surface area contributed by atoms with Gasteiger partial charge in [0.1, 0.15) is 0 Å². The third-order valence-corrected chi connectivity index (χ3v) is 4.10. The molecule has 0 aliphatic carbocycles. The summed E-state index contributed by atoms with van der Waals surface area (Å²) in [6, 6.07) is 7.48. The van der Waals surface area contributed by atoms with E-state index in [1.54, 1.807) is 0 Å². The number of piperidine rings is 1. The number of fused-ring (bicyclic) bond motifs is 3. The van der Waals surface area contributed by atoms with Crippen molar-refractivity contribution in [3.63, 3.8) is 0 Å². The molecule has 0 saturated carbocycles. The second kappa shape index (κ2) is 3.49. The number of nitrogens with zero attached hydrogens (tertiary/aromatic N) is 1. The second-order valence-electron chi connectivity index (χ2n) is 4.54. The van der Waals surface area contributed by atoms with Crippen molar-refractivity contribution in [2.45, 2.75) is 31.3 Å². The van der Waals surface area contributed by atoms with Gasteiger partial charge in [-0.1, -0.05) is 15.9 Å². The van der Waals surface area contributed by atoms with Crippen LogP contribution in [0.1, 0.15) is 18.4 Å². The van der Waals surface area contributed by atoms with Crippen molar-refractivity contribution in [3.05, 3.63) is 28.2 Å². The van der Waals surface area contributed by atoms with E-state index in [4.69, 9.17) is 5.73 Å². The zero-order valence-corrected chi connectivity index (χ0v) is 10.2. The molecule has 2 aliphatic heterocycles. The molecule has 1 aromatic rings. The zero-order valence-electron chi connectivity index (χ0n) is 8.62. The summed E-state index contributed by atoms with van der Waals surface area (Å²) in [5.41, 5.74) is 9.04. The van der Waals surface area contributed by atoms with E-state index in [1.807, 2.05) is 0 Å². The lowest BCUT2D eigenvalue weighted by Crippen LogP contribution is -2.50. The Kier molecular flexibility index (Phi) is 2.25. The molecule has 2 atom stereocenters. The quantitative estimate of drug-likeness (QED) is 0.781. The fourth-order valence-electron chi connectivity index (χ4n) is 2.87. The van der Waals surface area contributed by atoms with Crippen LogP contribution in [0.25, 0.3) is 0 Å². The van der Waals surface area contributed by atoms with Gasteiger partial charge in [0.25, 0.3) is 0 Å². The number of anilines is 1. The Bertz CT molecular complexity index is 391. The van der Waals surface area contributed by atoms with Crippen LogP contribution in [0.15, 0.2) is 22.7 Å². The summed E-state index contributed by atoms with van der Waals surface area (Å²) >= 11 is 3.53. The number of benzene rings is 1. The van der Waals surface area contributed by atoms with Gasteiger partial charge in [-0.3, -0.25) is 0 Å². The second-order valence-corrected chi connectivity index (χ2v) is 5.46. The highest BCUT2D eigenvalue weighted by molar-refractivity contribution is 9.10. The van der Waals surface area contributed by atoms with Gasteiger partial charge in [-0.15, -0.1) is 0 Å². The van der Waals surface area contributed by atoms with Gasteiger partial charge in [0.2, 0.25) is 0 Å². The molecule has 0 spiro atoms. The number of halogens is 1. The highest BCUT2D eigenvalue weighted by atomic mass is 79.9. The van der Waals surface area contributed by atoms with Gasteiger partial charge in [-0.25, -0.2) is 0 Å². The molecule has 3 heteroatoms. The summed E-state index contributed by atoms with van der Waals surface area (Å²) in [4.78, 5) is 2.50. The first-order valence-electron chi connectivity index (χ1n) is 5.56. The highest BCUT2D eigenvalue weighted by Gasteiger charge is 2.35. The number of hydrogen-bond acceptors (Lipinski definition) is 2. The van der Waals surface area contributed by atoms with Gasteiger partial charge in [0, 0.05) is 28.8 Å². The zero-order chi connectivity index (χ0) is 10.4. The smallest absolute Gasteiger partial charge is 0.0482 e. The number of rotatable bonds is 0.